The van der Waals surface area contributed by atoms with Crippen LogP contribution >= 0.6 is 27.3 Å². The average molecular weight is 475 g/mol. The second-order valence-corrected chi connectivity index (χ2v) is 8.31. The fraction of sp³-hybridized carbons (Fsp3) is 0.300. The van der Waals surface area contributed by atoms with Crippen molar-refractivity contribution in [2.75, 3.05) is 25.1 Å². The smallest absolute Gasteiger partial charge is 0.359 e. The van der Waals surface area contributed by atoms with E-state index < -0.39 is 5.97 Å². The normalized spacial score (nSPS) is 13.5. The van der Waals surface area contributed by atoms with E-state index in [2.05, 4.69) is 36.0 Å². The third kappa shape index (κ3) is 4.56. The predicted octanol–water partition coefficient (Wildman–Crippen LogP) is 4.33. The van der Waals surface area contributed by atoms with Crippen LogP contribution in [0.15, 0.2) is 40.2 Å². The second-order valence-electron chi connectivity index (χ2n) is 6.54. The lowest BCUT2D eigenvalue weighted by molar-refractivity contribution is 0.0460. The SMILES string of the molecule is COc1ccc(Br)cc1-c1nc(COC(=O)c2ccc(N3CCCC3)nn2)cs1. The van der Waals surface area contributed by atoms with E-state index in [1.165, 1.54) is 11.3 Å². The summed E-state index contributed by atoms with van der Waals surface area (Å²) in [5.41, 5.74) is 1.74. The van der Waals surface area contributed by atoms with E-state index in [-0.39, 0.29) is 12.3 Å². The number of thiazole rings is 1. The molecular weight excluding hydrogens is 456 g/mol. The first-order chi connectivity index (χ1) is 14.1. The molecule has 1 fully saturated rings. The number of hydrogen-bond donors (Lipinski definition) is 0. The van der Waals surface area contributed by atoms with Gasteiger partial charge in [0.2, 0.25) is 0 Å². The molecule has 3 heterocycles. The van der Waals surface area contributed by atoms with E-state index >= 15 is 0 Å². The van der Waals surface area contributed by atoms with Crippen molar-refractivity contribution in [1.29, 1.82) is 0 Å². The molecule has 1 saturated heterocycles. The van der Waals surface area contributed by atoms with Gasteiger partial charge in [0.1, 0.15) is 17.4 Å². The summed E-state index contributed by atoms with van der Waals surface area (Å²) in [5.74, 6) is 1.02. The molecule has 4 rings (SSSR count). The highest BCUT2D eigenvalue weighted by molar-refractivity contribution is 9.10. The fourth-order valence-electron chi connectivity index (χ4n) is 3.11. The van der Waals surface area contributed by atoms with E-state index in [4.69, 9.17) is 9.47 Å². The average Bonchev–Trinajstić information content (AvgIpc) is 3.44. The highest BCUT2D eigenvalue weighted by Crippen LogP contribution is 2.34. The van der Waals surface area contributed by atoms with Crippen molar-refractivity contribution in [3.05, 3.63) is 51.6 Å². The van der Waals surface area contributed by atoms with Gasteiger partial charge in [0, 0.05) is 22.9 Å². The van der Waals surface area contributed by atoms with Crippen LogP contribution in [0.3, 0.4) is 0 Å². The van der Waals surface area contributed by atoms with Gasteiger partial charge in [-0.2, -0.15) is 0 Å². The van der Waals surface area contributed by atoms with Gasteiger partial charge in [0.15, 0.2) is 11.5 Å². The molecule has 1 aliphatic rings. The van der Waals surface area contributed by atoms with Crippen molar-refractivity contribution in [1.82, 2.24) is 15.2 Å². The van der Waals surface area contributed by atoms with E-state index in [0.29, 0.717) is 5.69 Å². The lowest BCUT2D eigenvalue weighted by atomic mass is 10.2. The predicted molar refractivity (Wildman–Crippen MR) is 114 cm³/mol. The summed E-state index contributed by atoms with van der Waals surface area (Å²) in [6, 6.07) is 9.21. The monoisotopic (exact) mass is 474 g/mol. The van der Waals surface area contributed by atoms with Crippen molar-refractivity contribution >= 4 is 39.1 Å². The topological polar surface area (TPSA) is 77.4 Å². The van der Waals surface area contributed by atoms with Crippen LogP contribution in [0.4, 0.5) is 5.82 Å². The maximum absolute atomic E-state index is 12.3. The van der Waals surface area contributed by atoms with Crippen LogP contribution in [0, 0.1) is 0 Å². The number of methoxy groups -OCH3 is 1. The van der Waals surface area contributed by atoms with Gasteiger partial charge in [-0.25, -0.2) is 9.78 Å². The summed E-state index contributed by atoms with van der Waals surface area (Å²) >= 11 is 4.94. The number of benzene rings is 1. The first-order valence-electron chi connectivity index (χ1n) is 9.18. The Kier molecular flexibility index (Phi) is 6.05. The number of hydrogen-bond acceptors (Lipinski definition) is 8. The lowest BCUT2D eigenvalue weighted by Gasteiger charge is -2.14. The zero-order chi connectivity index (χ0) is 20.2. The Morgan fingerprint density at radius 1 is 1.21 bits per heavy atom. The van der Waals surface area contributed by atoms with Crippen LogP contribution < -0.4 is 9.64 Å². The number of carbonyl (C=O) groups is 1. The Morgan fingerprint density at radius 3 is 2.76 bits per heavy atom. The summed E-state index contributed by atoms with van der Waals surface area (Å²) in [5, 5.41) is 10.8. The molecule has 0 atom stereocenters. The van der Waals surface area contributed by atoms with E-state index in [0.717, 1.165) is 52.5 Å². The summed E-state index contributed by atoms with van der Waals surface area (Å²) in [7, 11) is 1.62. The van der Waals surface area contributed by atoms with Crippen molar-refractivity contribution in [3.63, 3.8) is 0 Å². The van der Waals surface area contributed by atoms with Gasteiger partial charge in [-0.1, -0.05) is 15.9 Å². The molecule has 150 valence electrons. The number of aromatic nitrogens is 3. The molecule has 29 heavy (non-hydrogen) atoms. The number of anilines is 1. The molecule has 2 aromatic heterocycles. The Labute approximate surface area is 180 Å². The Morgan fingerprint density at radius 2 is 2.03 bits per heavy atom. The largest absolute Gasteiger partial charge is 0.496 e. The van der Waals surface area contributed by atoms with E-state index in [1.54, 1.807) is 13.2 Å². The Bertz CT molecular complexity index is 1000. The van der Waals surface area contributed by atoms with Gasteiger partial charge in [-0.05, 0) is 43.2 Å². The molecule has 1 aromatic carbocycles. The van der Waals surface area contributed by atoms with E-state index in [9.17, 15) is 4.79 Å². The number of nitrogens with zero attached hydrogens (tertiary/aromatic N) is 4. The van der Waals surface area contributed by atoms with Crippen molar-refractivity contribution in [2.45, 2.75) is 19.4 Å². The molecule has 0 bridgehead atoms. The Balaban J connectivity index is 1.39. The lowest BCUT2D eigenvalue weighted by Crippen LogP contribution is -2.20. The van der Waals surface area contributed by atoms with Crippen LogP contribution in [0.25, 0.3) is 10.6 Å². The molecule has 0 N–H and O–H groups in total. The van der Waals surface area contributed by atoms with Gasteiger partial charge in [0.05, 0.1) is 18.4 Å². The summed E-state index contributed by atoms with van der Waals surface area (Å²) in [6.07, 6.45) is 2.32. The minimum atomic E-state index is -0.514. The molecule has 0 aliphatic carbocycles. The molecule has 1 aliphatic heterocycles. The zero-order valence-corrected chi connectivity index (χ0v) is 18.2. The quantitative estimate of drug-likeness (QED) is 0.491. The van der Waals surface area contributed by atoms with Crippen molar-refractivity contribution in [2.24, 2.45) is 0 Å². The first-order valence-corrected chi connectivity index (χ1v) is 10.9. The van der Waals surface area contributed by atoms with Crippen LogP contribution in [0.5, 0.6) is 5.75 Å². The minimum Gasteiger partial charge on any atom is -0.496 e. The number of rotatable bonds is 6. The minimum absolute atomic E-state index is 0.0706. The first kappa shape index (κ1) is 19.8. The van der Waals surface area contributed by atoms with Gasteiger partial charge >= 0.3 is 5.97 Å². The molecule has 3 aromatic rings. The maximum Gasteiger partial charge on any atom is 0.359 e. The fourth-order valence-corrected chi connectivity index (χ4v) is 4.29. The van der Waals surface area contributed by atoms with Gasteiger partial charge < -0.3 is 14.4 Å². The molecule has 0 spiro atoms. The third-order valence-corrected chi connectivity index (χ3v) is 6.00. The third-order valence-electron chi connectivity index (χ3n) is 4.58. The molecule has 0 radical (unpaired) electrons. The molecular formula is C20H19BrN4O3S. The van der Waals surface area contributed by atoms with Crippen LogP contribution in [-0.2, 0) is 11.3 Å². The molecule has 9 heteroatoms. The van der Waals surface area contributed by atoms with Crippen LogP contribution in [-0.4, -0.2) is 41.3 Å². The van der Waals surface area contributed by atoms with Gasteiger partial charge in [0.25, 0.3) is 0 Å². The summed E-state index contributed by atoms with van der Waals surface area (Å²) in [4.78, 5) is 19.0. The van der Waals surface area contributed by atoms with Crippen LogP contribution in [0.1, 0.15) is 29.0 Å². The Hall–Kier alpha value is -2.52. The highest BCUT2D eigenvalue weighted by Gasteiger charge is 2.17. The summed E-state index contributed by atoms with van der Waals surface area (Å²) < 4.78 is 11.7. The van der Waals surface area contributed by atoms with E-state index in [1.807, 2.05) is 29.6 Å². The second kappa shape index (κ2) is 8.87. The van der Waals surface area contributed by atoms with Gasteiger partial charge in [-0.15, -0.1) is 21.5 Å². The standard InChI is InChI=1S/C20H19BrN4O3S/c1-27-17-6-4-13(21)10-15(17)19-22-14(12-29-19)11-28-20(26)16-5-7-18(24-23-16)25-8-2-3-9-25/h4-7,10,12H,2-3,8-9,11H2,1H3. The molecule has 0 unspecified atom stereocenters. The molecule has 7 nitrogen and oxygen atoms in total. The number of ether oxygens (including phenoxy) is 2. The van der Waals surface area contributed by atoms with Crippen molar-refractivity contribution in [3.8, 4) is 16.3 Å². The zero-order valence-electron chi connectivity index (χ0n) is 15.8. The molecule has 0 amide bonds. The molecule has 0 saturated carbocycles. The van der Waals surface area contributed by atoms with Gasteiger partial charge in [-0.3, -0.25) is 0 Å². The van der Waals surface area contributed by atoms with Crippen molar-refractivity contribution < 1.29 is 14.3 Å². The number of carbonyl (C=O) groups excluding carboxylic acids is 1. The highest BCUT2D eigenvalue weighted by atomic mass is 79.9. The summed E-state index contributed by atoms with van der Waals surface area (Å²) in [6.45, 7) is 2.03. The number of esters is 1. The van der Waals surface area contributed by atoms with Crippen LogP contribution in [0.2, 0.25) is 0 Å². The maximum atomic E-state index is 12.3. The number of halogens is 1.